The van der Waals surface area contributed by atoms with Crippen LogP contribution in [0.2, 0.25) is 0 Å². The Morgan fingerprint density at radius 1 is 1.35 bits per heavy atom. The second-order valence-corrected chi connectivity index (χ2v) is 4.98. The van der Waals surface area contributed by atoms with Crippen LogP contribution in [0.15, 0.2) is 18.6 Å². The average Bonchev–Trinajstić information content (AvgIpc) is 2.74. The lowest BCUT2D eigenvalue weighted by Gasteiger charge is -2.15. The average molecular weight is 234 g/mol. The fraction of sp³-hybridized carbons (Fsp3) is 0.462. The van der Waals surface area contributed by atoms with E-state index in [4.69, 9.17) is 0 Å². The number of imidazole rings is 1. The molecule has 0 aromatic carbocycles. The summed E-state index contributed by atoms with van der Waals surface area (Å²) in [6.45, 7) is 5.58. The number of hydrogen-bond donors (Lipinski definition) is 1. The predicted octanol–water partition coefficient (Wildman–Crippen LogP) is 2.39. The number of aromatic nitrogens is 2. The zero-order valence-electron chi connectivity index (χ0n) is 10.5. The molecule has 4 heteroatoms. The Balaban J connectivity index is 2.39. The van der Waals surface area contributed by atoms with Crippen molar-refractivity contribution in [3.8, 4) is 0 Å². The van der Waals surface area contributed by atoms with E-state index in [0.717, 1.165) is 5.69 Å². The van der Waals surface area contributed by atoms with Gasteiger partial charge in [0.2, 0.25) is 0 Å². The largest absolute Gasteiger partial charge is 0.345 e. The first-order chi connectivity index (χ1) is 7.89. The summed E-state index contributed by atoms with van der Waals surface area (Å²) in [4.78, 5) is 29.8. The van der Waals surface area contributed by atoms with Gasteiger partial charge >= 0.3 is 0 Å². The Morgan fingerprint density at radius 2 is 2.06 bits per heavy atom. The lowest BCUT2D eigenvalue weighted by Crippen LogP contribution is -2.20. The fourth-order valence-corrected chi connectivity index (χ4v) is 1.24. The molecular formula is C13H18N2O2. The normalized spacial score (nSPS) is 11.9. The SMILES string of the molecule is CC(C)(C)C(=O)CCC(=O)/C=C/c1cnc[nH]1. The van der Waals surface area contributed by atoms with Crippen molar-refractivity contribution in [2.45, 2.75) is 33.6 Å². The third kappa shape index (κ3) is 4.76. The van der Waals surface area contributed by atoms with Crippen molar-refractivity contribution in [3.05, 3.63) is 24.3 Å². The molecule has 0 aliphatic carbocycles. The number of rotatable bonds is 5. The molecule has 0 atom stereocenters. The third-order valence-electron chi connectivity index (χ3n) is 2.40. The van der Waals surface area contributed by atoms with Crippen molar-refractivity contribution in [1.29, 1.82) is 0 Å². The highest BCUT2D eigenvalue weighted by molar-refractivity contribution is 5.96. The molecule has 0 radical (unpaired) electrons. The van der Waals surface area contributed by atoms with Crippen LogP contribution in [-0.2, 0) is 9.59 Å². The van der Waals surface area contributed by atoms with Gasteiger partial charge in [-0.05, 0) is 12.2 Å². The van der Waals surface area contributed by atoms with E-state index in [1.165, 1.54) is 6.08 Å². The second-order valence-electron chi connectivity index (χ2n) is 4.98. The molecule has 1 rings (SSSR count). The van der Waals surface area contributed by atoms with Crippen LogP contribution >= 0.6 is 0 Å². The van der Waals surface area contributed by atoms with Crippen LogP contribution in [0.1, 0.15) is 39.3 Å². The lowest BCUT2D eigenvalue weighted by molar-refractivity contribution is -0.128. The highest BCUT2D eigenvalue weighted by atomic mass is 16.1. The van der Waals surface area contributed by atoms with Crippen molar-refractivity contribution in [3.63, 3.8) is 0 Å². The smallest absolute Gasteiger partial charge is 0.156 e. The van der Waals surface area contributed by atoms with Crippen molar-refractivity contribution in [2.75, 3.05) is 0 Å². The van der Waals surface area contributed by atoms with Crippen LogP contribution in [0.5, 0.6) is 0 Å². The van der Waals surface area contributed by atoms with E-state index in [9.17, 15) is 9.59 Å². The Labute approximate surface area is 101 Å². The number of aromatic amines is 1. The van der Waals surface area contributed by atoms with E-state index in [-0.39, 0.29) is 23.4 Å². The number of hydrogen-bond acceptors (Lipinski definition) is 3. The minimum absolute atomic E-state index is 0.0443. The molecular weight excluding hydrogens is 216 g/mol. The Bertz CT molecular complexity index is 411. The second kappa shape index (κ2) is 5.57. The van der Waals surface area contributed by atoms with Crippen LogP contribution in [0.3, 0.4) is 0 Å². The zero-order valence-corrected chi connectivity index (χ0v) is 10.5. The molecule has 92 valence electrons. The molecule has 0 saturated carbocycles. The Hall–Kier alpha value is -1.71. The number of nitrogens with one attached hydrogen (secondary N) is 1. The maximum Gasteiger partial charge on any atom is 0.156 e. The van der Waals surface area contributed by atoms with Gasteiger partial charge in [0.1, 0.15) is 5.78 Å². The molecule has 1 N–H and O–H groups in total. The number of ketones is 2. The maximum absolute atomic E-state index is 11.6. The van der Waals surface area contributed by atoms with Crippen molar-refractivity contribution >= 4 is 17.6 Å². The summed E-state index contributed by atoms with van der Waals surface area (Å²) < 4.78 is 0. The van der Waals surface area contributed by atoms with Crippen LogP contribution in [-0.4, -0.2) is 21.5 Å². The Kier molecular flexibility index (Phi) is 4.37. The fourth-order valence-electron chi connectivity index (χ4n) is 1.24. The summed E-state index contributed by atoms with van der Waals surface area (Å²) in [5, 5.41) is 0. The number of carbonyl (C=O) groups excluding carboxylic acids is 2. The molecule has 0 bridgehead atoms. The van der Waals surface area contributed by atoms with Crippen LogP contribution in [0.4, 0.5) is 0 Å². The van der Waals surface area contributed by atoms with Crippen LogP contribution in [0.25, 0.3) is 6.08 Å². The standard InChI is InChI=1S/C13H18N2O2/c1-13(2,3)12(17)7-6-11(16)5-4-10-8-14-9-15-10/h4-5,8-9H,6-7H2,1-3H3,(H,14,15)/b5-4+. The molecule has 0 fully saturated rings. The van der Waals surface area contributed by atoms with E-state index in [2.05, 4.69) is 9.97 Å². The lowest BCUT2D eigenvalue weighted by atomic mass is 9.88. The van der Waals surface area contributed by atoms with Crippen molar-refractivity contribution in [2.24, 2.45) is 5.41 Å². The summed E-state index contributed by atoms with van der Waals surface area (Å²) in [6, 6.07) is 0. The minimum atomic E-state index is -0.368. The van der Waals surface area contributed by atoms with Crippen LogP contribution in [0, 0.1) is 5.41 Å². The first-order valence-corrected chi connectivity index (χ1v) is 5.62. The minimum Gasteiger partial charge on any atom is -0.345 e. The number of H-pyrrole nitrogens is 1. The molecule has 0 amide bonds. The quantitative estimate of drug-likeness (QED) is 0.796. The summed E-state index contributed by atoms with van der Waals surface area (Å²) in [7, 11) is 0. The molecule has 1 aromatic rings. The number of nitrogens with zero attached hydrogens (tertiary/aromatic N) is 1. The topological polar surface area (TPSA) is 62.8 Å². The molecule has 1 heterocycles. The van der Waals surface area contributed by atoms with Gasteiger partial charge in [-0.1, -0.05) is 20.8 Å². The summed E-state index contributed by atoms with van der Waals surface area (Å²) in [5.41, 5.74) is 0.411. The molecule has 0 spiro atoms. The van der Waals surface area contributed by atoms with E-state index in [0.29, 0.717) is 6.42 Å². The Morgan fingerprint density at radius 3 is 2.59 bits per heavy atom. The number of carbonyl (C=O) groups is 2. The van der Waals surface area contributed by atoms with Gasteiger partial charge in [-0.3, -0.25) is 9.59 Å². The first-order valence-electron chi connectivity index (χ1n) is 5.62. The van der Waals surface area contributed by atoms with Gasteiger partial charge in [0.15, 0.2) is 5.78 Å². The van der Waals surface area contributed by atoms with Crippen molar-refractivity contribution < 1.29 is 9.59 Å². The van der Waals surface area contributed by atoms with E-state index in [1.807, 2.05) is 20.8 Å². The summed E-state index contributed by atoms with van der Waals surface area (Å²) >= 11 is 0. The van der Waals surface area contributed by atoms with E-state index in [1.54, 1.807) is 18.6 Å². The van der Waals surface area contributed by atoms with E-state index >= 15 is 0 Å². The maximum atomic E-state index is 11.6. The molecule has 0 aliphatic heterocycles. The van der Waals surface area contributed by atoms with Gasteiger partial charge in [-0.2, -0.15) is 0 Å². The highest BCUT2D eigenvalue weighted by Gasteiger charge is 2.20. The number of Topliss-reactive ketones (excluding diaryl/α,β-unsaturated/α-hetero) is 1. The van der Waals surface area contributed by atoms with Gasteiger partial charge in [0.25, 0.3) is 0 Å². The highest BCUT2D eigenvalue weighted by Crippen LogP contribution is 2.17. The molecule has 0 unspecified atom stereocenters. The van der Waals surface area contributed by atoms with Gasteiger partial charge in [0.05, 0.1) is 18.2 Å². The first kappa shape index (κ1) is 13.4. The van der Waals surface area contributed by atoms with Gasteiger partial charge in [0, 0.05) is 18.3 Å². The van der Waals surface area contributed by atoms with E-state index < -0.39 is 0 Å². The van der Waals surface area contributed by atoms with Crippen molar-refractivity contribution in [1.82, 2.24) is 9.97 Å². The van der Waals surface area contributed by atoms with Gasteiger partial charge in [-0.25, -0.2) is 4.98 Å². The predicted molar refractivity (Wildman–Crippen MR) is 66.3 cm³/mol. The monoisotopic (exact) mass is 234 g/mol. The summed E-state index contributed by atoms with van der Waals surface area (Å²) in [5.74, 6) is 0.0676. The molecule has 0 aliphatic rings. The molecule has 17 heavy (non-hydrogen) atoms. The van der Waals surface area contributed by atoms with Crippen LogP contribution < -0.4 is 0 Å². The molecule has 4 nitrogen and oxygen atoms in total. The molecule has 1 aromatic heterocycles. The summed E-state index contributed by atoms with van der Waals surface area (Å²) in [6.07, 6.45) is 6.88. The molecule has 0 saturated heterocycles. The van der Waals surface area contributed by atoms with Gasteiger partial charge in [-0.15, -0.1) is 0 Å². The zero-order chi connectivity index (χ0) is 12.9. The number of allylic oxidation sites excluding steroid dienone is 1. The van der Waals surface area contributed by atoms with Gasteiger partial charge < -0.3 is 4.98 Å². The third-order valence-corrected chi connectivity index (χ3v) is 2.40.